The third-order valence-electron chi connectivity index (χ3n) is 5.09. The zero-order valence-electron chi connectivity index (χ0n) is 12.8. The molecule has 3 heteroatoms. The van der Waals surface area contributed by atoms with Crippen molar-refractivity contribution >= 4 is 0 Å². The number of nitrogens with one attached hydrogen (secondary N) is 1. The third kappa shape index (κ3) is 3.63. The van der Waals surface area contributed by atoms with E-state index in [2.05, 4.69) is 18.3 Å². The van der Waals surface area contributed by atoms with Gasteiger partial charge in [-0.1, -0.05) is 30.9 Å². The highest BCUT2D eigenvalue weighted by Gasteiger charge is 2.39. The molecule has 2 unspecified atom stereocenters. The molecule has 0 amide bonds. The Labute approximate surface area is 123 Å². The summed E-state index contributed by atoms with van der Waals surface area (Å²) >= 11 is 0. The van der Waals surface area contributed by atoms with Crippen LogP contribution in [0, 0.1) is 0 Å². The van der Waals surface area contributed by atoms with E-state index in [9.17, 15) is 0 Å². The van der Waals surface area contributed by atoms with Crippen molar-refractivity contribution in [2.75, 3.05) is 19.8 Å². The fraction of sp³-hybridized carbons (Fsp3) is 0.882. The summed E-state index contributed by atoms with van der Waals surface area (Å²) in [4.78, 5) is 0. The molecule has 1 spiro atoms. The van der Waals surface area contributed by atoms with E-state index < -0.39 is 0 Å². The molecule has 20 heavy (non-hydrogen) atoms. The predicted molar refractivity (Wildman–Crippen MR) is 80.9 cm³/mol. The van der Waals surface area contributed by atoms with Crippen LogP contribution in [0.25, 0.3) is 0 Å². The molecule has 0 aromatic rings. The summed E-state index contributed by atoms with van der Waals surface area (Å²) < 4.78 is 11.9. The van der Waals surface area contributed by atoms with Crippen LogP contribution in [0.1, 0.15) is 58.3 Å². The maximum Gasteiger partial charge on any atom is 0.0766 e. The van der Waals surface area contributed by atoms with E-state index in [-0.39, 0.29) is 5.60 Å². The van der Waals surface area contributed by atoms with Gasteiger partial charge in [0, 0.05) is 12.6 Å². The molecule has 2 aliphatic heterocycles. The van der Waals surface area contributed by atoms with E-state index in [4.69, 9.17) is 9.47 Å². The zero-order valence-corrected chi connectivity index (χ0v) is 12.8. The van der Waals surface area contributed by atoms with Crippen LogP contribution < -0.4 is 5.32 Å². The molecule has 3 aliphatic rings. The molecule has 114 valence electrons. The molecular weight excluding hydrogens is 250 g/mol. The Bertz CT molecular complexity index is 341. The van der Waals surface area contributed by atoms with Crippen molar-refractivity contribution in [2.24, 2.45) is 0 Å². The summed E-state index contributed by atoms with van der Waals surface area (Å²) in [7, 11) is 0. The minimum absolute atomic E-state index is 0.242. The van der Waals surface area contributed by atoms with Crippen molar-refractivity contribution in [2.45, 2.75) is 76.0 Å². The minimum Gasteiger partial charge on any atom is -0.379 e. The average molecular weight is 279 g/mol. The third-order valence-corrected chi connectivity index (χ3v) is 5.09. The van der Waals surface area contributed by atoms with Crippen LogP contribution in [0.2, 0.25) is 0 Å². The smallest absolute Gasteiger partial charge is 0.0766 e. The van der Waals surface area contributed by atoms with Crippen molar-refractivity contribution < 1.29 is 9.47 Å². The molecule has 1 N–H and O–H groups in total. The molecule has 2 heterocycles. The first-order chi connectivity index (χ1) is 9.76. The maximum absolute atomic E-state index is 6.42. The lowest BCUT2D eigenvalue weighted by molar-refractivity contribution is -0.0483. The van der Waals surface area contributed by atoms with Gasteiger partial charge >= 0.3 is 0 Å². The first kappa shape index (κ1) is 14.6. The summed E-state index contributed by atoms with van der Waals surface area (Å²) in [5, 5.41) is 3.53. The van der Waals surface area contributed by atoms with Gasteiger partial charge in [0.25, 0.3) is 0 Å². The van der Waals surface area contributed by atoms with Gasteiger partial charge in [0.15, 0.2) is 0 Å². The van der Waals surface area contributed by atoms with Crippen LogP contribution in [0.3, 0.4) is 0 Å². The number of rotatable bonds is 3. The Morgan fingerprint density at radius 2 is 2.10 bits per heavy atom. The lowest BCUT2D eigenvalue weighted by Gasteiger charge is -2.33. The second-order valence-corrected chi connectivity index (χ2v) is 6.88. The molecule has 2 saturated heterocycles. The average Bonchev–Trinajstić information content (AvgIpc) is 2.83. The van der Waals surface area contributed by atoms with Crippen LogP contribution >= 0.6 is 0 Å². The molecule has 0 aromatic carbocycles. The number of ether oxygens (including phenoxy) is 2. The molecule has 2 atom stereocenters. The standard InChI is InChI=1S/C17H29NO2/c1-14(11-15-13-19-10-9-18-15)12-16-5-8-17(20-16)6-3-2-4-7-17/h12,15-16,18H,2-11,13H2,1H3. The Balaban J connectivity index is 1.50. The largest absolute Gasteiger partial charge is 0.379 e. The van der Waals surface area contributed by atoms with Gasteiger partial charge in [0.1, 0.15) is 0 Å². The summed E-state index contributed by atoms with van der Waals surface area (Å²) in [6.45, 7) is 4.93. The van der Waals surface area contributed by atoms with E-state index >= 15 is 0 Å². The summed E-state index contributed by atoms with van der Waals surface area (Å²) in [5.41, 5.74) is 1.69. The summed E-state index contributed by atoms with van der Waals surface area (Å²) in [5.74, 6) is 0. The Morgan fingerprint density at radius 3 is 2.85 bits per heavy atom. The number of morpholine rings is 1. The van der Waals surface area contributed by atoms with E-state index in [1.54, 1.807) is 0 Å². The topological polar surface area (TPSA) is 30.5 Å². The van der Waals surface area contributed by atoms with Crippen LogP contribution in [0.5, 0.6) is 0 Å². The second-order valence-electron chi connectivity index (χ2n) is 6.88. The van der Waals surface area contributed by atoms with Gasteiger partial charge in [0.2, 0.25) is 0 Å². The van der Waals surface area contributed by atoms with E-state index in [0.29, 0.717) is 12.1 Å². The molecule has 0 radical (unpaired) electrons. The Hall–Kier alpha value is -0.380. The second kappa shape index (κ2) is 6.59. The molecular formula is C17H29NO2. The van der Waals surface area contributed by atoms with E-state index in [0.717, 1.165) is 26.2 Å². The van der Waals surface area contributed by atoms with Gasteiger partial charge in [-0.2, -0.15) is 0 Å². The number of hydrogen-bond donors (Lipinski definition) is 1. The predicted octanol–water partition coefficient (Wildman–Crippen LogP) is 3.19. The molecule has 0 aromatic heterocycles. The lowest BCUT2D eigenvalue weighted by Crippen LogP contribution is -2.41. The van der Waals surface area contributed by atoms with Crippen molar-refractivity contribution in [3.63, 3.8) is 0 Å². The summed E-state index contributed by atoms with van der Waals surface area (Å²) in [6, 6.07) is 0.491. The van der Waals surface area contributed by atoms with Crippen molar-refractivity contribution in [1.29, 1.82) is 0 Å². The molecule has 0 bridgehead atoms. The molecule has 1 saturated carbocycles. The number of hydrogen-bond acceptors (Lipinski definition) is 3. The SMILES string of the molecule is CC(=CC1CCC2(CCCCC2)O1)CC1COCCN1. The Morgan fingerprint density at radius 1 is 1.25 bits per heavy atom. The van der Waals surface area contributed by atoms with Gasteiger partial charge in [-0.05, 0) is 39.0 Å². The lowest BCUT2D eigenvalue weighted by atomic mass is 9.83. The maximum atomic E-state index is 6.42. The van der Waals surface area contributed by atoms with Gasteiger partial charge in [0.05, 0.1) is 24.9 Å². The molecule has 3 rings (SSSR count). The monoisotopic (exact) mass is 279 g/mol. The summed E-state index contributed by atoms with van der Waals surface area (Å²) in [6.07, 6.45) is 13.0. The van der Waals surface area contributed by atoms with Gasteiger partial charge in [-0.3, -0.25) is 0 Å². The van der Waals surface area contributed by atoms with Crippen LogP contribution in [-0.4, -0.2) is 37.5 Å². The highest BCUT2D eigenvalue weighted by Crippen LogP contribution is 2.42. The molecule has 1 aliphatic carbocycles. The first-order valence-corrected chi connectivity index (χ1v) is 8.42. The normalized spacial score (nSPS) is 34.5. The quantitative estimate of drug-likeness (QED) is 0.805. The molecule has 3 fully saturated rings. The fourth-order valence-corrected chi connectivity index (χ4v) is 4.05. The van der Waals surface area contributed by atoms with E-state index in [1.165, 1.54) is 50.5 Å². The minimum atomic E-state index is 0.242. The van der Waals surface area contributed by atoms with Gasteiger partial charge < -0.3 is 14.8 Å². The zero-order chi connectivity index (χ0) is 13.8. The van der Waals surface area contributed by atoms with Crippen molar-refractivity contribution in [1.82, 2.24) is 5.32 Å². The van der Waals surface area contributed by atoms with Gasteiger partial charge in [-0.15, -0.1) is 0 Å². The van der Waals surface area contributed by atoms with Crippen molar-refractivity contribution in [3.8, 4) is 0 Å². The first-order valence-electron chi connectivity index (χ1n) is 8.42. The van der Waals surface area contributed by atoms with Crippen molar-refractivity contribution in [3.05, 3.63) is 11.6 Å². The van der Waals surface area contributed by atoms with Crippen LogP contribution in [0.4, 0.5) is 0 Å². The molecule has 3 nitrogen and oxygen atoms in total. The highest BCUT2D eigenvalue weighted by molar-refractivity contribution is 5.08. The van der Waals surface area contributed by atoms with E-state index in [1.807, 2.05) is 0 Å². The van der Waals surface area contributed by atoms with Gasteiger partial charge in [-0.25, -0.2) is 0 Å². The fourth-order valence-electron chi connectivity index (χ4n) is 4.05. The van der Waals surface area contributed by atoms with Crippen LogP contribution in [0.15, 0.2) is 11.6 Å². The van der Waals surface area contributed by atoms with Crippen LogP contribution in [-0.2, 0) is 9.47 Å². The highest BCUT2D eigenvalue weighted by atomic mass is 16.5. The Kier molecular flexibility index (Phi) is 4.79.